The molecule has 2 N–H and O–H groups in total. The molecule has 0 radical (unpaired) electrons. The Balaban J connectivity index is 2.23. The van der Waals surface area contributed by atoms with Crippen LogP contribution in [0.5, 0.6) is 0 Å². The topological polar surface area (TPSA) is 41.7 Å². The summed E-state index contributed by atoms with van der Waals surface area (Å²) in [5.74, 6) is 0. The van der Waals surface area contributed by atoms with Gasteiger partial charge in [0.1, 0.15) is 0 Å². The summed E-state index contributed by atoms with van der Waals surface area (Å²) in [5.41, 5.74) is 5.95. The predicted molar refractivity (Wildman–Crippen MR) is 67.6 cm³/mol. The van der Waals surface area contributed by atoms with Gasteiger partial charge in [-0.05, 0) is 20.3 Å². The molecule has 1 heterocycles. The molecule has 1 rings (SSSR count). The summed E-state index contributed by atoms with van der Waals surface area (Å²) in [6.07, 6.45) is 1.14. The van der Waals surface area contributed by atoms with E-state index in [-0.39, 0.29) is 5.54 Å². The fraction of sp³-hybridized carbons (Fsp3) is 1.00. The fourth-order valence-corrected chi connectivity index (χ4v) is 2.14. The van der Waals surface area contributed by atoms with Crippen LogP contribution in [0.3, 0.4) is 0 Å². The molecule has 4 nitrogen and oxygen atoms in total. The smallest absolute Gasteiger partial charge is 0.0474 e. The fourth-order valence-electron chi connectivity index (χ4n) is 2.14. The molecule has 0 aromatic heterocycles. The zero-order valence-corrected chi connectivity index (χ0v) is 11.0. The van der Waals surface area contributed by atoms with Crippen molar-refractivity contribution in [2.24, 2.45) is 5.73 Å². The monoisotopic (exact) mass is 229 g/mol. The van der Waals surface area contributed by atoms with Crippen LogP contribution in [0.25, 0.3) is 0 Å². The summed E-state index contributed by atoms with van der Waals surface area (Å²) in [6, 6.07) is 0. The number of nitrogens with two attached hydrogens (primary N) is 1. The van der Waals surface area contributed by atoms with Gasteiger partial charge in [-0.2, -0.15) is 0 Å². The third kappa shape index (κ3) is 4.01. The minimum absolute atomic E-state index is 0.151. The molecule has 0 bridgehead atoms. The standard InChI is InChI=1S/C12H27N3O/c1-12(2,11-13)15-8-6-14(7-9-15)5-4-10-16-3/h4-11,13H2,1-3H3. The van der Waals surface area contributed by atoms with E-state index >= 15 is 0 Å². The molecular formula is C12H27N3O. The number of piperazine rings is 1. The summed E-state index contributed by atoms with van der Waals surface area (Å²) < 4.78 is 5.07. The summed E-state index contributed by atoms with van der Waals surface area (Å²) in [7, 11) is 1.77. The van der Waals surface area contributed by atoms with Gasteiger partial charge in [-0.25, -0.2) is 0 Å². The van der Waals surface area contributed by atoms with Crippen LogP contribution >= 0.6 is 0 Å². The summed E-state index contributed by atoms with van der Waals surface area (Å²) in [5, 5.41) is 0. The van der Waals surface area contributed by atoms with Crippen LogP contribution in [0.1, 0.15) is 20.3 Å². The SMILES string of the molecule is COCCCN1CCN(C(C)(C)CN)CC1. The molecular weight excluding hydrogens is 202 g/mol. The lowest BCUT2D eigenvalue weighted by atomic mass is 10.0. The Bertz CT molecular complexity index is 189. The first kappa shape index (κ1) is 13.9. The first-order valence-electron chi connectivity index (χ1n) is 6.26. The van der Waals surface area contributed by atoms with Crippen molar-refractivity contribution in [3.8, 4) is 0 Å². The highest BCUT2D eigenvalue weighted by Crippen LogP contribution is 2.15. The molecule has 0 atom stereocenters. The molecule has 0 aliphatic carbocycles. The second-order valence-corrected chi connectivity index (χ2v) is 5.19. The molecule has 1 fully saturated rings. The van der Waals surface area contributed by atoms with E-state index in [4.69, 9.17) is 10.5 Å². The van der Waals surface area contributed by atoms with Crippen LogP contribution in [0.2, 0.25) is 0 Å². The van der Waals surface area contributed by atoms with Crippen LogP contribution in [-0.2, 0) is 4.74 Å². The van der Waals surface area contributed by atoms with Gasteiger partial charge in [0, 0.05) is 58.5 Å². The van der Waals surface area contributed by atoms with Crippen LogP contribution in [-0.4, -0.2) is 68.3 Å². The molecule has 1 saturated heterocycles. The molecule has 96 valence electrons. The van der Waals surface area contributed by atoms with Crippen molar-refractivity contribution in [1.29, 1.82) is 0 Å². The Morgan fingerprint density at radius 1 is 1.19 bits per heavy atom. The lowest BCUT2D eigenvalue weighted by Crippen LogP contribution is -2.57. The van der Waals surface area contributed by atoms with Gasteiger partial charge in [-0.1, -0.05) is 0 Å². The van der Waals surface area contributed by atoms with Gasteiger partial charge >= 0.3 is 0 Å². The molecule has 0 saturated carbocycles. The Kier molecular flexibility index (Phi) is 5.69. The van der Waals surface area contributed by atoms with E-state index in [0.717, 1.165) is 52.3 Å². The summed E-state index contributed by atoms with van der Waals surface area (Å²) in [6.45, 7) is 11.8. The lowest BCUT2D eigenvalue weighted by Gasteiger charge is -2.43. The van der Waals surface area contributed by atoms with Gasteiger partial charge in [0.2, 0.25) is 0 Å². The highest BCUT2D eigenvalue weighted by Gasteiger charge is 2.28. The number of hydrogen-bond acceptors (Lipinski definition) is 4. The molecule has 4 heteroatoms. The number of hydrogen-bond donors (Lipinski definition) is 1. The minimum Gasteiger partial charge on any atom is -0.385 e. The van der Waals surface area contributed by atoms with E-state index in [9.17, 15) is 0 Å². The van der Waals surface area contributed by atoms with Crippen molar-refractivity contribution in [2.45, 2.75) is 25.8 Å². The quantitative estimate of drug-likeness (QED) is 0.669. The largest absolute Gasteiger partial charge is 0.385 e. The third-order valence-corrected chi connectivity index (χ3v) is 3.55. The second-order valence-electron chi connectivity index (χ2n) is 5.19. The molecule has 1 aliphatic heterocycles. The Morgan fingerprint density at radius 2 is 1.81 bits per heavy atom. The zero-order chi connectivity index (χ0) is 12.0. The van der Waals surface area contributed by atoms with Gasteiger partial charge in [-0.3, -0.25) is 4.90 Å². The molecule has 16 heavy (non-hydrogen) atoms. The van der Waals surface area contributed by atoms with Crippen molar-refractivity contribution >= 4 is 0 Å². The summed E-state index contributed by atoms with van der Waals surface area (Å²) in [4.78, 5) is 5.02. The highest BCUT2D eigenvalue weighted by molar-refractivity contribution is 4.86. The average Bonchev–Trinajstić information content (AvgIpc) is 2.30. The van der Waals surface area contributed by atoms with E-state index < -0.39 is 0 Å². The lowest BCUT2D eigenvalue weighted by molar-refractivity contribution is 0.0529. The van der Waals surface area contributed by atoms with E-state index in [1.165, 1.54) is 0 Å². The van der Waals surface area contributed by atoms with Gasteiger partial charge in [0.25, 0.3) is 0 Å². The first-order chi connectivity index (χ1) is 7.60. The molecule has 1 aliphatic rings. The van der Waals surface area contributed by atoms with E-state index in [1.807, 2.05) is 0 Å². The van der Waals surface area contributed by atoms with Crippen molar-refractivity contribution in [3.63, 3.8) is 0 Å². The maximum Gasteiger partial charge on any atom is 0.0474 e. The minimum atomic E-state index is 0.151. The number of methoxy groups -OCH3 is 1. The number of rotatable bonds is 6. The molecule has 0 spiro atoms. The maximum absolute atomic E-state index is 5.80. The number of ether oxygens (including phenoxy) is 1. The second kappa shape index (κ2) is 6.55. The van der Waals surface area contributed by atoms with Crippen LogP contribution in [0.15, 0.2) is 0 Å². The van der Waals surface area contributed by atoms with E-state index in [2.05, 4.69) is 23.6 Å². The molecule has 0 unspecified atom stereocenters. The van der Waals surface area contributed by atoms with Crippen LogP contribution in [0, 0.1) is 0 Å². The zero-order valence-electron chi connectivity index (χ0n) is 11.0. The molecule has 0 aromatic rings. The van der Waals surface area contributed by atoms with Crippen molar-refractivity contribution in [2.75, 3.05) is 53.0 Å². The predicted octanol–water partition coefficient (Wildman–Crippen LogP) is 0.378. The van der Waals surface area contributed by atoms with Crippen LogP contribution < -0.4 is 5.73 Å². The van der Waals surface area contributed by atoms with Crippen molar-refractivity contribution in [1.82, 2.24) is 9.80 Å². The van der Waals surface area contributed by atoms with Crippen molar-refractivity contribution < 1.29 is 4.74 Å². The molecule has 0 amide bonds. The van der Waals surface area contributed by atoms with E-state index in [1.54, 1.807) is 7.11 Å². The normalized spacial score (nSPS) is 20.2. The van der Waals surface area contributed by atoms with Gasteiger partial charge in [0.15, 0.2) is 0 Å². The van der Waals surface area contributed by atoms with E-state index in [0.29, 0.717) is 0 Å². The third-order valence-electron chi connectivity index (χ3n) is 3.55. The average molecular weight is 229 g/mol. The maximum atomic E-state index is 5.80. The van der Waals surface area contributed by atoms with Gasteiger partial charge in [-0.15, -0.1) is 0 Å². The Morgan fingerprint density at radius 3 is 2.31 bits per heavy atom. The Labute approximate surface area is 99.7 Å². The number of nitrogens with zero attached hydrogens (tertiary/aromatic N) is 2. The summed E-state index contributed by atoms with van der Waals surface area (Å²) >= 11 is 0. The molecule has 0 aromatic carbocycles. The first-order valence-corrected chi connectivity index (χ1v) is 6.26. The van der Waals surface area contributed by atoms with Crippen molar-refractivity contribution in [3.05, 3.63) is 0 Å². The van der Waals surface area contributed by atoms with Crippen LogP contribution in [0.4, 0.5) is 0 Å². The van der Waals surface area contributed by atoms with Gasteiger partial charge in [0.05, 0.1) is 0 Å². The highest BCUT2D eigenvalue weighted by atomic mass is 16.5. The Hall–Kier alpha value is -0.160. The van der Waals surface area contributed by atoms with Gasteiger partial charge < -0.3 is 15.4 Å².